The van der Waals surface area contributed by atoms with E-state index in [1.165, 1.54) is 37.1 Å². The fourth-order valence-corrected chi connectivity index (χ4v) is 5.38. The van der Waals surface area contributed by atoms with Crippen LogP contribution >= 0.6 is 11.8 Å². The number of para-hydroxylation sites is 2. The second kappa shape index (κ2) is 15.3. The van der Waals surface area contributed by atoms with Gasteiger partial charge in [-0.25, -0.2) is 0 Å². The number of carbonyl (C=O) groups excluding carboxylic acids is 3. The number of hydrogen-bond acceptors (Lipinski definition) is 6. The standard InChI is InChI=1S/C37H31N3O5S/c1-45-34-24-31(41)21-20-27(34)22-33(39-36(43)26-12-5-2-6-13-26)37(44)38-28-14-11-19-32(23-28)46-25-35(42)40(29-15-7-3-8-16-29)30-17-9-4-10-18-30/h2-24,41H,25H2,1H3,(H,38,44)(H,39,43)/b33-22-. The first kappa shape index (κ1) is 31.6. The van der Waals surface area contributed by atoms with Crippen molar-refractivity contribution in [2.45, 2.75) is 4.90 Å². The summed E-state index contributed by atoms with van der Waals surface area (Å²) >= 11 is 1.35. The lowest BCUT2D eigenvalue weighted by Gasteiger charge is -2.23. The smallest absolute Gasteiger partial charge is 0.272 e. The van der Waals surface area contributed by atoms with Gasteiger partial charge in [-0.15, -0.1) is 11.8 Å². The lowest BCUT2D eigenvalue weighted by molar-refractivity contribution is -0.115. The first-order valence-corrected chi connectivity index (χ1v) is 15.3. The Balaban J connectivity index is 1.34. The Morgan fingerprint density at radius 1 is 0.783 bits per heavy atom. The quantitative estimate of drug-likeness (QED) is 0.105. The molecule has 0 saturated heterocycles. The molecule has 0 saturated carbocycles. The lowest BCUT2D eigenvalue weighted by atomic mass is 10.1. The lowest BCUT2D eigenvalue weighted by Crippen LogP contribution is -2.30. The minimum atomic E-state index is -0.572. The molecule has 46 heavy (non-hydrogen) atoms. The summed E-state index contributed by atoms with van der Waals surface area (Å²) < 4.78 is 5.37. The molecule has 5 aromatic carbocycles. The summed E-state index contributed by atoms with van der Waals surface area (Å²) in [6, 6.07) is 39.1. The molecule has 0 aliphatic heterocycles. The summed E-state index contributed by atoms with van der Waals surface area (Å²) in [5.41, 5.74) is 2.82. The van der Waals surface area contributed by atoms with Crippen LogP contribution in [0.1, 0.15) is 15.9 Å². The number of hydrogen-bond donors (Lipinski definition) is 3. The zero-order chi connectivity index (χ0) is 32.3. The van der Waals surface area contributed by atoms with Crippen LogP contribution in [0.3, 0.4) is 0 Å². The Morgan fingerprint density at radius 2 is 1.41 bits per heavy atom. The van der Waals surface area contributed by atoms with Gasteiger partial charge in [-0.2, -0.15) is 0 Å². The van der Waals surface area contributed by atoms with Crippen LogP contribution in [0.2, 0.25) is 0 Å². The molecule has 5 rings (SSSR count). The zero-order valence-corrected chi connectivity index (χ0v) is 25.7. The number of anilines is 3. The Hall–Kier alpha value is -5.80. The van der Waals surface area contributed by atoms with Gasteiger partial charge in [0, 0.05) is 39.2 Å². The van der Waals surface area contributed by atoms with Crippen LogP contribution in [0.5, 0.6) is 11.5 Å². The second-order valence-electron chi connectivity index (χ2n) is 9.98. The highest BCUT2D eigenvalue weighted by Crippen LogP contribution is 2.29. The van der Waals surface area contributed by atoms with Crippen molar-refractivity contribution in [3.63, 3.8) is 0 Å². The van der Waals surface area contributed by atoms with Crippen molar-refractivity contribution in [3.8, 4) is 11.5 Å². The number of ether oxygens (including phenoxy) is 1. The van der Waals surface area contributed by atoms with Crippen LogP contribution in [0.4, 0.5) is 17.1 Å². The summed E-state index contributed by atoms with van der Waals surface area (Å²) in [5, 5.41) is 15.4. The van der Waals surface area contributed by atoms with Crippen LogP contribution in [-0.4, -0.2) is 35.7 Å². The summed E-state index contributed by atoms with van der Waals surface area (Å²) in [6.07, 6.45) is 1.48. The Kier molecular flexibility index (Phi) is 10.5. The van der Waals surface area contributed by atoms with Gasteiger partial charge in [0.15, 0.2) is 0 Å². The van der Waals surface area contributed by atoms with E-state index in [4.69, 9.17) is 4.74 Å². The number of phenols is 1. The van der Waals surface area contributed by atoms with E-state index in [9.17, 15) is 19.5 Å². The maximum atomic E-state index is 13.6. The van der Waals surface area contributed by atoms with Crippen LogP contribution < -0.4 is 20.3 Å². The maximum Gasteiger partial charge on any atom is 0.272 e. The van der Waals surface area contributed by atoms with E-state index >= 15 is 0 Å². The number of aromatic hydroxyl groups is 1. The molecule has 0 aliphatic rings. The van der Waals surface area contributed by atoms with Crippen LogP contribution in [-0.2, 0) is 9.59 Å². The van der Waals surface area contributed by atoms with Crippen molar-refractivity contribution in [2.24, 2.45) is 0 Å². The first-order chi connectivity index (χ1) is 22.4. The molecule has 0 aliphatic carbocycles. The van der Waals surface area contributed by atoms with Crippen molar-refractivity contribution in [1.82, 2.24) is 5.32 Å². The second-order valence-corrected chi connectivity index (χ2v) is 11.0. The van der Waals surface area contributed by atoms with E-state index in [0.717, 1.165) is 16.3 Å². The number of rotatable bonds is 11. The average molecular weight is 630 g/mol. The fraction of sp³-hybridized carbons (Fsp3) is 0.0541. The van der Waals surface area contributed by atoms with Gasteiger partial charge in [-0.3, -0.25) is 19.3 Å². The van der Waals surface area contributed by atoms with Crippen molar-refractivity contribution >= 4 is 52.6 Å². The summed E-state index contributed by atoms with van der Waals surface area (Å²) in [4.78, 5) is 42.6. The topological polar surface area (TPSA) is 108 Å². The number of thioether (sulfide) groups is 1. The molecule has 0 atom stereocenters. The first-order valence-electron chi connectivity index (χ1n) is 14.3. The van der Waals surface area contributed by atoms with Crippen molar-refractivity contribution in [2.75, 3.05) is 23.1 Å². The molecule has 230 valence electrons. The molecule has 3 N–H and O–H groups in total. The molecule has 0 radical (unpaired) electrons. The molecular formula is C37H31N3O5S. The third kappa shape index (κ3) is 8.22. The van der Waals surface area contributed by atoms with Crippen molar-refractivity contribution < 1.29 is 24.2 Å². The van der Waals surface area contributed by atoms with E-state index < -0.39 is 11.8 Å². The van der Waals surface area contributed by atoms with E-state index in [1.54, 1.807) is 59.5 Å². The van der Waals surface area contributed by atoms with Gasteiger partial charge >= 0.3 is 0 Å². The van der Waals surface area contributed by atoms with E-state index in [1.807, 2.05) is 66.7 Å². The molecule has 0 bridgehead atoms. The highest BCUT2D eigenvalue weighted by atomic mass is 32.2. The Bertz CT molecular complexity index is 1810. The molecule has 0 aromatic heterocycles. The van der Waals surface area contributed by atoms with Gasteiger partial charge < -0.3 is 20.5 Å². The third-order valence-electron chi connectivity index (χ3n) is 6.78. The molecular weight excluding hydrogens is 598 g/mol. The summed E-state index contributed by atoms with van der Waals surface area (Å²) in [5.74, 6) is -0.672. The number of methoxy groups -OCH3 is 1. The molecule has 8 nitrogen and oxygen atoms in total. The number of amides is 3. The average Bonchev–Trinajstić information content (AvgIpc) is 3.09. The van der Waals surface area contributed by atoms with Gasteiger partial charge in [0.1, 0.15) is 17.2 Å². The van der Waals surface area contributed by atoms with Gasteiger partial charge in [-0.1, -0.05) is 60.7 Å². The molecule has 0 spiro atoms. The minimum Gasteiger partial charge on any atom is -0.508 e. The SMILES string of the molecule is COc1cc(O)ccc1/C=C(\NC(=O)c1ccccc1)C(=O)Nc1cccc(SCC(=O)N(c2ccccc2)c2ccccc2)c1. The molecule has 0 unspecified atom stereocenters. The maximum absolute atomic E-state index is 13.6. The highest BCUT2D eigenvalue weighted by Gasteiger charge is 2.19. The van der Waals surface area contributed by atoms with Gasteiger partial charge in [0.2, 0.25) is 5.91 Å². The Morgan fingerprint density at radius 3 is 2.04 bits per heavy atom. The van der Waals surface area contributed by atoms with Crippen molar-refractivity contribution in [1.29, 1.82) is 0 Å². The normalized spacial score (nSPS) is 10.9. The van der Waals surface area contributed by atoms with Crippen LogP contribution in [0.25, 0.3) is 6.08 Å². The summed E-state index contributed by atoms with van der Waals surface area (Å²) in [6.45, 7) is 0. The van der Waals surface area contributed by atoms with E-state index in [0.29, 0.717) is 22.6 Å². The number of phenolic OH excluding ortho intramolecular Hbond substituents is 1. The van der Waals surface area contributed by atoms with Gasteiger partial charge in [-0.05, 0) is 72.8 Å². The molecule has 0 heterocycles. The van der Waals surface area contributed by atoms with E-state index in [2.05, 4.69) is 10.6 Å². The van der Waals surface area contributed by atoms with Crippen LogP contribution in [0, 0.1) is 0 Å². The zero-order valence-electron chi connectivity index (χ0n) is 24.9. The molecule has 3 amide bonds. The number of nitrogens with one attached hydrogen (secondary N) is 2. The molecule has 5 aromatic rings. The monoisotopic (exact) mass is 629 g/mol. The summed E-state index contributed by atoms with van der Waals surface area (Å²) in [7, 11) is 1.45. The number of carbonyl (C=O) groups is 3. The third-order valence-corrected chi connectivity index (χ3v) is 7.76. The predicted molar refractivity (Wildman–Crippen MR) is 182 cm³/mol. The molecule has 9 heteroatoms. The Labute approximate surface area is 271 Å². The largest absolute Gasteiger partial charge is 0.508 e. The van der Waals surface area contributed by atoms with Crippen LogP contribution in [0.15, 0.2) is 144 Å². The van der Waals surface area contributed by atoms with Gasteiger partial charge in [0.25, 0.3) is 11.8 Å². The van der Waals surface area contributed by atoms with Crippen molar-refractivity contribution in [3.05, 3.63) is 150 Å². The fourth-order valence-electron chi connectivity index (χ4n) is 4.58. The number of nitrogens with zero attached hydrogens (tertiary/aromatic N) is 1. The van der Waals surface area contributed by atoms with E-state index in [-0.39, 0.29) is 23.1 Å². The minimum absolute atomic E-state index is 0.00298. The van der Waals surface area contributed by atoms with Gasteiger partial charge in [0.05, 0.1) is 12.9 Å². The predicted octanol–water partition coefficient (Wildman–Crippen LogP) is 7.27. The molecule has 0 fully saturated rings. The number of benzene rings is 5. The highest BCUT2D eigenvalue weighted by molar-refractivity contribution is 8.00.